The topological polar surface area (TPSA) is 59.5 Å². The number of esters is 1. The van der Waals surface area contributed by atoms with E-state index in [1.54, 1.807) is 30.2 Å². The number of nitrogens with zero attached hydrogens (tertiary/aromatic N) is 2. The zero-order valence-electron chi connectivity index (χ0n) is 11.7. The lowest BCUT2D eigenvalue weighted by molar-refractivity contribution is -0.144. The Morgan fingerprint density at radius 1 is 1.50 bits per heavy atom. The van der Waals surface area contributed by atoms with Crippen LogP contribution in [0.4, 0.5) is 0 Å². The molecule has 20 heavy (non-hydrogen) atoms. The maximum Gasteiger partial charge on any atom is 0.325 e. The van der Waals surface area contributed by atoms with Gasteiger partial charge >= 0.3 is 5.97 Å². The highest BCUT2D eigenvalue weighted by Crippen LogP contribution is 2.29. The quantitative estimate of drug-likeness (QED) is 0.593. The second-order valence-electron chi connectivity index (χ2n) is 4.53. The van der Waals surface area contributed by atoms with E-state index in [4.69, 9.17) is 4.74 Å². The van der Waals surface area contributed by atoms with Crippen LogP contribution in [0.1, 0.15) is 30.1 Å². The van der Waals surface area contributed by atoms with Crippen molar-refractivity contribution in [2.75, 3.05) is 19.4 Å². The smallest absolute Gasteiger partial charge is 0.325 e. The molecular formula is C14H18N2O3S. The molecule has 0 aliphatic heterocycles. The van der Waals surface area contributed by atoms with Crippen LogP contribution >= 0.6 is 11.8 Å². The Hall–Kier alpha value is -1.56. The Bertz CT molecular complexity index is 503. The van der Waals surface area contributed by atoms with Crippen molar-refractivity contribution in [3.63, 3.8) is 0 Å². The summed E-state index contributed by atoms with van der Waals surface area (Å²) in [6.45, 7) is 2.10. The predicted molar refractivity (Wildman–Crippen MR) is 76.7 cm³/mol. The molecule has 0 spiro atoms. The van der Waals surface area contributed by atoms with E-state index in [1.165, 1.54) is 11.8 Å². The van der Waals surface area contributed by atoms with Gasteiger partial charge in [0.15, 0.2) is 0 Å². The molecule has 1 heterocycles. The van der Waals surface area contributed by atoms with Crippen molar-refractivity contribution in [1.82, 2.24) is 9.88 Å². The fourth-order valence-corrected chi connectivity index (χ4v) is 2.51. The maximum atomic E-state index is 12.6. The summed E-state index contributed by atoms with van der Waals surface area (Å²) >= 11 is 1.43. The van der Waals surface area contributed by atoms with Gasteiger partial charge < -0.3 is 9.64 Å². The van der Waals surface area contributed by atoms with E-state index in [0.717, 1.165) is 12.8 Å². The first-order valence-electron chi connectivity index (χ1n) is 6.63. The minimum atomic E-state index is -0.359. The molecule has 1 fully saturated rings. The van der Waals surface area contributed by atoms with E-state index in [-0.39, 0.29) is 24.5 Å². The van der Waals surface area contributed by atoms with Crippen LogP contribution in [-0.4, -0.2) is 47.2 Å². The normalized spacial score (nSPS) is 13.9. The van der Waals surface area contributed by atoms with Gasteiger partial charge in [-0.1, -0.05) is 0 Å². The molecule has 0 radical (unpaired) electrons. The number of hydrogen-bond donors (Lipinski definition) is 0. The third-order valence-corrected chi connectivity index (χ3v) is 3.76. The van der Waals surface area contributed by atoms with Crippen LogP contribution in [0, 0.1) is 0 Å². The molecule has 1 aliphatic carbocycles. The Labute approximate surface area is 122 Å². The fourth-order valence-electron chi connectivity index (χ4n) is 1.97. The summed E-state index contributed by atoms with van der Waals surface area (Å²) in [6, 6.07) is 3.64. The van der Waals surface area contributed by atoms with Gasteiger partial charge in [0.05, 0.1) is 12.2 Å². The van der Waals surface area contributed by atoms with Gasteiger partial charge in [0.2, 0.25) is 0 Å². The van der Waals surface area contributed by atoms with Gasteiger partial charge in [-0.15, -0.1) is 11.8 Å². The number of pyridine rings is 1. The summed E-state index contributed by atoms with van der Waals surface area (Å²) in [7, 11) is 0. The van der Waals surface area contributed by atoms with Crippen LogP contribution in [0.5, 0.6) is 0 Å². The average molecular weight is 294 g/mol. The fraction of sp³-hybridized carbons (Fsp3) is 0.500. The summed E-state index contributed by atoms with van der Waals surface area (Å²) in [5.74, 6) is -0.500. The largest absolute Gasteiger partial charge is 0.465 e. The van der Waals surface area contributed by atoms with E-state index < -0.39 is 0 Å². The van der Waals surface area contributed by atoms with Crippen LogP contribution < -0.4 is 0 Å². The minimum Gasteiger partial charge on any atom is -0.465 e. The van der Waals surface area contributed by atoms with Gasteiger partial charge in [-0.3, -0.25) is 9.59 Å². The second-order valence-corrected chi connectivity index (χ2v) is 5.32. The van der Waals surface area contributed by atoms with Gasteiger partial charge in [0.1, 0.15) is 11.6 Å². The molecule has 0 bridgehead atoms. The van der Waals surface area contributed by atoms with Crippen LogP contribution in [0.3, 0.4) is 0 Å². The number of thioether (sulfide) groups is 1. The lowest BCUT2D eigenvalue weighted by Gasteiger charge is -2.22. The molecule has 0 N–H and O–H groups in total. The Kier molecular flexibility index (Phi) is 5.00. The standard InChI is InChI=1S/C14H18N2O3S/c1-3-19-12(17)9-16(10-6-7-10)14(18)11-5-4-8-15-13(11)20-2/h4-5,8,10H,3,6-7,9H2,1-2H3. The molecule has 1 aliphatic rings. The van der Waals surface area contributed by atoms with Crippen molar-refractivity contribution >= 4 is 23.6 Å². The number of amides is 1. The summed E-state index contributed by atoms with van der Waals surface area (Å²) in [4.78, 5) is 30.1. The molecule has 1 saturated carbocycles. The number of ether oxygens (including phenoxy) is 1. The van der Waals surface area contributed by atoms with Crippen LogP contribution in [0.2, 0.25) is 0 Å². The molecule has 6 heteroatoms. The Morgan fingerprint density at radius 3 is 2.85 bits per heavy atom. The zero-order chi connectivity index (χ0) is 14.5. The molecular weight excluding hydrogens is 276 g/mol. The van der Waals surface area contributed by atoms with E-state index in [2.05, 4.69) is 4.98 Å². The first-order chi connectivity index (χ1) is 9.67. The monoisotopic (exact) mass is 294 g/mol. The SMILES string of the molecule is CCOC(=O)CN(C(=O)c1cccnc1SC)C1CC1. The summed E-state index contributed by atoms with van der Waals surface area (Å²) in [5.41, 5.74) is 0.552. The Balaban J connectivity index is 2.16. The first kappa shape index (κ1) is 14.8. The minimum absolute atomic E-state index is 0.0139. The highest BCUT2D eigenvalue weighted by Gasteiger charge is 2.35. The molecule has 108 valence electrons. The van der Waals surface area contributed by atoms with Crippen molar-refractivity contribution in [3.8, 4) is 0 Å². The molecule has 2 rings (SSSR count). The van der Waals surface area contributed by atoms with Crippen molar-refractivity contribution in [2.24, 2.45) is 0 Å². The Morgan fingerprint density at radius 2 is 2.25 bits per heavy atom. The molecule has 1 aromatic heterocycles. The average Bonchev–Trinajstić information content (AvgIpc) is 3.29. The lowest BCUT2D eigenvalue weighted by Crippen LogP contribution is -2.38. The number of hydrogen-bond acceptors (Lipinski definition) is 5. The molecule has 0 unspecified atom stereocenters. The van der Waals surface area contributed by atoms with E-state index in [9.17, 15) is 9.59 Å². The lowest BCUT2D eigenvalue weighted by atomic mass is 10.2. The number of rotatable bonds is 6. The highest BCUT2D eigenvalue weighted by atomic mass is 32.2. The first-order valence-corrected chi connectivity index (χ1v) is 7.85. The van der Waals surface area contributed by atoms with Crippen molar-refractivity contribution in [1.29, 1.82) is 0 Å². The van der Waals surface area contributed by atoms with Crippen LogP contribution in [0.15, 0.2) is 23.4 Å². The predicted octanol–water partition coefficient (Wildman–Crippen LogP) is 1.97. The summed E-state index contributed by atoms with van der Waals surface area (Å²) < 4.78 is 4.94. The maximum absolute atomic E-state index is 12.6. The summed E-state index contributed by atoms with van der Waals surface area (Å²) in [5, 5.41) is 0.687. The van der Waals surface area contributed by atoms with Crippen molar-refractivity contribution < 1.29 is 14.3 Å². The van der Waals surface area contributed by atoms with Gasteiger partial charge in [0, 0.05) is 12.2 Å². The van der Waals surface area contributed by atoms with Crippen molar-refractivity contribution in [3.05, 3.63) is 23.9 Å². The molecule has 0 saturated heterocycles. The van der Waals surface area contributed by atoms with Gasteiger partial charge in [-0.25, -0.2) is 4.98 Å². The van der Waals surface area contributed by atoms with Gasteiger partial charge in [0.25, 0.3) is 5.91 Å². The molecule has 1 amide bonds. The van der Waals surface area contributed by atoms with Crippen molar-refractivity contribution in [2.45, 2.75) is 30.8 Å². The molecule has 0 atom stereocenters. The van der Waals surface area contributed by atoms with E-state index in [1.807, 2.05) is 6.26 Å². The third-order valence-electron chi connectivity index (χ3n) is 3.05. The van der Waals surface area contributed by atoms with E-state index in [0.29, 0.717) is 17.2 Å². The third kappa shape index (κ3) is 3.50. The zero-order valence-corrected chi connectivity index (χ0v) is 12.5. The molecule has 1 aromatic rings. The van der Waals surface area contributed by atoms with Gasteiger partial charge in [-0.2, -0.15) is 0 Å². The number of carbonyl (C=O) groups is 2. The van der Waals surface area contributed by atoms with Gasteiger partial charge in [-0.05, 0) is 38.2 Å². The highest BCUT2D eigenvalue weighted by molar-refractivity contribution is 7.98. The number of aromatic nitrogens is 1. The van der Waals surface area contributed by atoms with Crippen LogP contribution in [0.25, 0.3) is 0 Å². The summed E-state index contributed by atoms with van der Waals surface area (Å²) in [6.07, 6.45) is 5.43. The van der Waals surface area contributed by atoms with E-state index >= 15 is 0 Å². The number of carbonyl (C=O) groups excluding carboxylic acids is 2. The molecule has 5 nitrogen and oxygen atoms in total. The second kappa shape index (κ2) is 6.74. The molecule has 0 aromatic carbocycles. The van der Waals surface area contributed by atoms with Crippen LogP contribution in [-0.2, 0) is 9.53 Å².